The highest BCUT2D eigenvalue weighted by atomic mass is 79.9. The van der Waals surface area contributed by atoms with Crippen LogP contribution in [0.1, 0.15) is 35.9 Å². The Morgan fingerprint density at radius 3 is 2.84 bits per heavy atom. The second-order valence-electron chi connectivity index (χ2n) is 4.37. The molecule has 0 saturated carbocycles. The van der Waals surface area contributed by atoms with Crippen molar-refractivity contribution in [2.75, 3.05) is 6.54 Å². The summed E-state index contributed by atoms with van der Waals surface area (Å²) in [6.45, 7) is 2.47. The molecule has 8 heteroatoms. The fourth-order valence-electron chi connectivity index (χ4n) is 2.29. The van der Waals surface area contributed by atoms with E-state index in [2.05, 4.69) is 15.9 Å². The molecule has 2 heterocycles. The number of nitrogens with zero attached hydrogens (tertiary/aromatic N) is 1. The first-order valence-electron chi connectivity index (χ1n) is 5.92. The number of carboxylic acids is 1. The van der Waals surface area contributed by atoms with E-state index in [1.165, 1.54) is 10.4 Å². The summed E-state index contributed by atoms with van der Waals surface area (Å²) in [6, 6.07) is 1.25. The maximum absolute atomic E-state index is 12.6. The lowest BCUT2D eigenvalue weighted by Crippen LogP contribution is -2.35. The van der Waals surface area contributed by atoms with Crippen LogP contribution in [0.3, 0.4) is 0 Å². The van der Waals surface area contributed by atoms with Crippen LogP contribution in [-0.4, -0.2) is 36.4 Å². The van der Waals surface area contributed by atoms with Gasteiger partial charge in [0, 0.05) is 12.6 Å². The van der Waals surface area contributed by atoms with Crippen molar-refractivity contribution in [3.63, 3.8) is 0 Å². The molecule has 0 bridgehead atoms. The molecule has 1 unspecified atom stereocenters. The fourth-order valence-corrected chi connectivity index (χ4v) is 6.42. The molecule has 0 amide bonds. The van der Waals surface area contributed by atoms with Crippen LogP contribution in [0.15, 0.2) is 14.7 Å². The summed E-state index contributed by atoms with van der Waals surface area (Å²) in [5.74, 6) is -1.11. The average molecular weight is 368 g/mol. The number of rotatable bonds is 4. The summed E-state index contributed by atoms with van der Waals surface area (Å²) in [5.41, 5.74) is 0. The van der Waals surface area contributed by atoms with Gasteiger partial charge in [-0.05, 0) is 41.3 Å². The summed E-state index contributed by atoms with van der Waals surface area (Å²) in [5, 5.41) is 8.93. The van der Waals surface area contributed by atoms with E-state index < -0.39 is 16.0 Å². The van der Waals surface area contributed by atoms with Gasteiger partial charge in [0.15, 0.2) is 0 Å². The number of sulfonamides is 1. The SMILES string of the molecule is CCC1CCCN1S(=O)(=O)c1cc(C(=O)O)sc1Br. The number of carbonyl (C=O) groups is 1. The lowest BCUT2D eigenvalue weighted by molar-refractivity contribution is 0.0702. The van der Waals surface area contributed by atoms with Gasteiger partial charge in [-0.15, -0.1) is 11.3 Å². The van der Waals surface area contributed by atoms with Crippen molar-refractivity contribution in [1.82, 2.24) is 4.31 Å². The van der Waals surface area contributed by atoms with Crippen LogP contribution in [0.4, 0.5) is 0 Å². The Hall–Kier alpha value is -0.440. The average Bonchev–Trinajstić information content (AvgIpc) is 2.94. The number of hydrogen-bond donors (Lipinski definition) is 1. The molecule has 1 atom stereocenters. The Morgan fingerprint density at radius 1 is 1.63 bits per heavy atom. The molecule has 0 spiro atoms. The van der Waals surface area contributed by atoms with Crippen molar-refractivity contribution in [3.8, 4) is 0 Å². The number of thiophene rings is 1. The molecule has 0 aromatic carbocycles. The highest BCUT2D eigenvalue weighted by Crippen LogP contribution is 2.36. The van der Waals surface area contributed by atoms with E-state index in [-0.39, 0.29) is 15.8 Å². The van der Waals surface area contributed by atoms with Crippen molar-refractivity contribution in [2.45, 2.75) is 37.1 Å². The third-order valence-corrected chi connectivity index (χ3v) is 7.44. The minimum Gasteiger partial charge on any atom is -0.477 e. The molecule has 0 radical (unpaired) electrons. The van der Waals surface area contributed by atoms with E-state index in [1.54, 1.807) is 0 Å². The van der Waals surface area contributed by atoms with Crippen LogP contribution in [0.5, 0.6) is 0 Å². The van der Waals surface area contributed by atoms with Gasteiger partial charge in [0.1, 0.15) is 9.77 Å². The molecule has 5 nitrogen and oxygen atoms in total. The Labute approximate surface area is 124 Å². The molecule has 1 aliphatic heterocycles. The Kier molecular flexibility index (Phi) is 4.34. The summed E-state index contributed by atoms with van der Waals surface area (Å²) in [6.07, 6.45) is 2.49. The first-order valence-corrected chi connectivity index (χ1v) is 8.97. The molecule has 2 rings (SSSR count). The topological polar surface area (TPSA) is 74.7 Å². The van der Waals surface area contributed by atoms with Crippen molar-refractivity contribution in [3.05, 3.63) is 14.7 Å². The monoisotopic (exact) mass is 367 g/mol. The van der Waals surface area contributed by atoms with Gasteiger partial charge < -0.3 is 5.11 Å². The highest BCUT2D eigenvalue weighted by Gasteiger charge is 2.36. The Morgan fingerprint density at radius 2 is 2.32 bits per heavy atom. The van der Waals surface area contributed by atoms with Crippen LogP contribution in [0, 0.1) is 0 Å². The minimum atomic E-state index is -3.61. The van der Waals surface area contributed by atoms with E-state index in [1.807, 2.05) is 6.92 Å². The summed E-state index contributed by atoms with van der Waals surface area (Å²) < 4.78 is 27.0. The molecule has 0 aliphatic carbocycles. The fraction of sp³-hybridized carbons (Fsp3) is 0.545. The van der Waals surface area contributed by atoms with Gasteiger partial charge in [-0.25, -0.2) is 13.2 Å². The third kappa shape index (κ3) is 2.72. The zero-order valence-corrected chi connectivity index (χ0v) is 13.5. The zero-order chi connectivity index (χ0) is 14.2. The van der Waals surface area contributed by atoms with Gasteiger partial charge in [-0.2, -0.15) is 4.31 Å². The predicted molar refractivity (Wildman–Crippen MR) is 76.2 cm³/mol. The van der Waals surface area contributed by atoms with E-state index in [9.17, 15) is 13.2 Å². The van der Waals surface area contributed by atoms with E-state index in [4.69, 9.17) is 5.11 Å². The normalized spacial score (nSPS) is 20.8. The van der Waals surface area contributed by atoms with Gasteiger partial charge in [0.25, 0.3) is 0 Å². The molecular weight excluding hydrogens is 354 g/mol. The number of hydrogen-bond acceptors (Lipinski definition) is 4. The second kappa shape index (κ2) is 5.51. The minimum absolute atomic E-state index is 0.0186. The molecule has 1 aliphatic rings. The highest BCUT2D eigenvalue weighted by molar-refractivity contribution is 9.11. The summed E-state index contributed by atoms with van der Waals surface area (Å²) in [7, 11) is -3.61. The molecule has 1 N–H and O–H groups in total. The molecule has 1 saturated heterocycles. The van der Waals surface area contributed by atoms with Gasteiger partial charge in [-0.1, -0.05) is 6.92 Å². The van der Waals surface area contributed by atoms with Crippen molar-refractivity contribution < 1.29 is 18.3 Å². The molecule has 1 aromatic rings. The van der Waals surface area contributed by atoms with Crippen molar-refractivity contribution >= 4 is 43.3 Å². The maximum atomic E-state index is 12.6. The van der Waals surface area contributed by atoms with Crippen LogP contribution < -0.4 is 0 Å². The number of halogens is 1. The maximum Gasteiger partial charge on any atom is 0.345 e. The Bertz CT molecular complexity index is 596. The lowest BCUT2D eigenvalue weighted by atomic mass is 10.2. The number of aromatic carboxylic acids is 1. The van der Waals surface area contributed by atoms with E-state index in [0.717, 1.165) is 30.6 Å². The number of carboxylic acid groups (broad SMARTS) is 1. The van der Waals surface area contributed by atoms with Crippen LogP contribution in [0.2, 0.25) is 0 Å². The predicted octanol–water partition coefficient (Wildman–Crippen LogP) is 2.77. The largest absolute Gasteiger partial charge is 0.477 e. The van der Waals surface area contributed by atoms with Crippen LogP contribution >= 0.6 is 27.3 Å². The first-order chi connectivity index (χ1) is 8.87. The van der Waals surface area contributed by atoms with Gasteiger partial charge in [-0.3, -0.25) is 0 Å². The van der Waals surface area contributed by atoms with Crippen molar-refractivity contribution in [2.24, 2.45) is 0 Å². The standard InChI is InChI=1S/C11H14BrNO4S2/c1-2-7-4-3-5-13(7)19(16,17)9-6-8(11(14)15)18-10(9)12/h6-7H,2-5H2,1H3,(H,14,15). The summed E-state index contributed by atoms with van der Waals surface area (Å²) >= 11 is 4.09. The lowest BCUT2D eigenvalue weighted by Gasteiger charge is -2.22. The molecule has 19 heavy (non-hydrogen) atoms. The molecule has 1 aromatic heterocycles. The molecular formula is C11H14BrNO4S2. The van der Waals surface area contributed by atoms with Crippen LogP contribution in [-0.2, 0) is 10.0 Å². The summed E-state index contributed by atoms with van der Waals surface area (Å²) in [4.78, 5) is 11.0. The van der Waals surface area contributed by atoms with Crippen LogP contribution in [0.25, 0.3) is 0 Å². The van der Waals surface area contributed by atoms with Gasteiger partial charge in [0.2, 0.25) is 10.0 Å². The van der Waals surface area contributed by atoms with E-state index >= 15 is 0 Å². The van der Waals surface area contributed by atoms with E-state index in [0.29, 0.717) is 10.3 Å². The van der Waals surface area contributed by atoms with Gasteiger partial charge >= 0.3 is 5.97 Å². The van der Waals surface area contributed by atoms with Crippen molar-refractivity contribution in [1.29, 1.82) is 0 Å². The molecule has 106 valence electrons. The molecule has 1 fully saturated rings. The Balaban J connectivity index is 2.42. The first kappa shape index (κ1) is 15.0. The quantitative estimate of drug-likeness (QED) is 0.887. The second-order valence-corrected chi connectivity index (χ2v) is 8.60. The smallest absolute Gasteiger partial charge is 0.345 e. The zero-order valence-electron chi connectivity index (χ0n) is 10.3. The third-order valence-electron chi connectivity index (χ3n) is 3.25. The van der Waals surface area contributed by atoms with Gasteiger partial charge in [0.05, 0.1) is 3.79 Å².